The van der Waals surface area contributed by atoms with Gasteiger partial charge < -0.3 is 10.2 Å². The summed E-state index contributed by atoms with van der Waals surface area (Å²) in [5, 5.41) is 3.56. The summed E-state index contributed by atoms with van der Waals surface area (Å²) >= 11 is 0. The highest BCUT2D eigenvalue weighted by atomic mass is 15.1. The molecule has 2 rings (SSSR count). The molecule has 1 aliphatic heterocycles. The van der Waals surface area contributed by atoms with Gasteiger partial charge in [0.05, 0.1) is 0 Å². The number of rotatable bonds is 6. The molecule has 1 unspecified atom stereocenters. The third-order valence-corrected chi connectivity index (χ3v) is 3.86. The average Bonchev–Trinajstić information content (AvgIpc) is 2.84. The number of anilines is 1. The number of nitrogens with zero attached hydrogens (tertiary/aromatic N) is 1. The lowest BCUT2D eigenvalue weighted by atomic mass is 10.0. The van der Waals surface area contributed by atoms with Crippen molar-refractivity contribution >= 4 is 5.69 Å². The number of nitrogens with one attached hydrogen (secondary N) is 1. The minimum atomic E-state index is 0.454. The van der Waals surface area contributed by atoms with Gasteiger partial charge in [0, 0.05) is 24.8 Å². The molecule has 19 heavy (non-hydrogen) atoms. The zero-order valence-corrected chi connectivity index (χ0v) is 12.4. The second kappa shape index (κ2) is 6.76. The fraction of sp³-hybridized carbons (Fsp3) is 0.529. The number of benzene rings is 1. The molecule has 104 valence electrons. The SMILES string of the molecule is C/C=C/CN1CCc2cc(C(C)NCCC)ccc21. The summed E-state index contributed by atoms with van der Waals surface area (Å²) in [6.45, 7) is 9.82. The van der Waals surface area contributed by atoms with Crippen molar-refractivity contribution in [2.45, 2.75) is 39.7 Å². The first-order chi connectivity index (χ1) is 9.26. The molecule has 1 aromatic carbocycles. The van der Waals surface area contributed by atoms with Crippen LogP contribution in [0.5, 0.6) is 0 Å². The Bertz CT molecular complexity index is 437. The molecule has 1 aliphatic rings. The smallest absolute Gasteiger partial charge is 0.0402 e. The van der Waals surface area contributed by atoms with Crippen LogP contribution in [0.4, 0.5) is 5.69 Å². The van der Waals surface area contributed by atoms with E-state index in [9.17, 15) is 0 Å². The largest absolute Gasteiger partial charge is 0.367 e. The van der Waals surface area contributed by atoms with Crippen LogP contribution < -0.4 is 10.2 Å². The molecule has 0 aliphatic carbocycles. The lowest BCUT2D eigenvalue weighted by Crippen LogP contribution is -2.20. The molecule has 2 nitrogen and oxygen atoms in total. The Hall–Kier alpha value is -1.28. The number of allylic oxidation sites excluding steroid dienone is 1. The molecular formula is C17H26N2. The van der Waals surface area contributed by atoms with Crippen LogP contribution in [0.2, 0.25) is 0 Å². The van der Waals surface area contributed by atoms with Crippen LogP contribution >= 0.6 is 0 Å². The second-order valence-electron chi connectivity index (χ2n) is 5.33. The van der Waals surface area contributed by atoms with Gasteiger partial charge in [-0.05, 0) is 50.4 Å². The summed E-state index contributed by atoms with van der Waals surface area (Å²) in [5.74, 6) is 0. The summed E-state index contributed by atoms with van der Waals surface area (Å²) in [7, 11) is 0. The van der Waals surface area contributed by atoms with E-state index in [1.165, 1.54) is 29.7 Å². The average molecular weight is 258 g/mol. The molecule has 0 radical (unpaired) electrons. The van der Waals surface area contributed by atoms with Crippen molar-refractivity contribution in [3.63, 3.8) is 0 Å². The Balaban J connectivity index is 2.08. The normalized spacial score (nSPS) is 16.1. The van der Waals surface area contributed by atoms with E-state index in [4.69, 9.17) is 0 Å². The van der Waals surface area contributed by atoms with Crippen LogP contribution in [0, 0.1) is 0 Å². The van der Waals surface area contributed by atoms with E-state index in [1.807, 2.05) is 0 Å². The Morgan fingerprint density at radius 1 is 1.42 bits per heavy atom. The van der Waals surface area contributed by atoms with Crippen molar-refractivity contribution in [1.82, 2.24) is 5.32 Å². The van der Waals surface area contributed by atoms with Crippen molar-refractivity contribution in [2.75, 3.05) is 24.5 Å². The van der Waals surface area contributed by atoms with Crippen molar-refractivity contribution in [3.05, 3.63) is 41.5 Å². The standard InChI is InChI=1S/C17H26N2/c1-4-6-11-19-12-9-16-13-15(7-8-17(16)19)14(3)18-10-5-2/h4,6-8,13-14,18H,5,9-12H2,1-3H3/b6-4+. The van der Waals surface area contributed by atoms with E-state index in [1.54, 1.807) is 0 Å². The number of hydrogen-bond donors (Lipinski definition) is 1. The van der Waals surface area contributed by atoms with Crippen molar-refractivity contribution < 1.29 is 0 Å². The fourth-order valence-electron chi connectivity index (χ4n) is 2.66. The molecule has 0 aromatic heterocycles. The highest BCUT2D eigenvalue weighted by Gasteiger charge is 2.18. The van der Waals surface area contributed by atoms with Gasteiger partial charge >= 0.3 is 0 Å². The molecule has 0 fully saturated rings. The molecule has 2 heteroatoms. The van der Waals surface area contributed by atoms with Crippen LogP contribution in [0.3, 0.4) is 0 Å². The summed E-state index contributed by atoms with van der Waals surface area (Å²) in [6, 6.07) is 7.42. The van der Waals surface area contributed by atoms with E-state index in [0.29, 0.717) is 6.04 Å². The van der Waals surface area contributed by atoms with E-state index in [2.05, 4.69) is 61.3 Å². The molecule has 0 saturated heterocycles. The van der Waals surface area contributed by atoms with Crippen LogP contribution in [-0.2, 0) is 6.42 Å². The zero-order chi connectivity index (χ0) is 13.7. The van der Waals surface area contributed by atoms with E-state index in [0.717, 1.165) is 19.6 Å². The molecule has 1 heterocycles. The van der Waals surface area contributed by atoms with Crippen LogP contribution in [0.1, 0.15) is 44.4 Å². The molecule has 0 bridgehead atoms. The molecular weight excluding hydrogens is 232 g/mol. The van der Waals surface area contributed by atoms with Crippen molar-refractivity contribution in [2.24, 2.45) is 0 Å². The molecule has 1 N–H and O–H groups in total. The first-order valence-corrected chi connectivity index (χ1v) is 7.48. The first-order valence-electron chi connectivity index (χ1n) is 7.48. The number of hydrogen-bond acceptors (Lipinski definition) is 2. The topological polar surface area (TPSA) is 15.3 Å². The highest BCUT2D eigenvalue weighted by Crippen LogP contribution is 2.30. The van der Waals surface area contributed by atoms with Gasteiger partial charge in [-0.15, -0.1) is 0 Å². The molecule has 1 aromatic rings. The third-order valence-electron chi connectivity index (χ3n) is 3.86. The van der Waals surface area contributed by atoms with E-state index >= 15 is 0 Å². The van der Waals surface area contributed by atoms with Gasteiger partial charge in [0.1, 0.15) is 0 Å². The first kappa shape index (κ1) is 14.1. The maximum absolute atomic E-state index is 3.56. The predicted octanol–water partition coefficient (Wildman–Crippen LogP) is 3.69. The van der Waals surface area contributed by atoms with Gasteiger partial charge in [-0.2, -0.15) is 0 Å². The van der Waals surface area contributed by atoms with Crippen molar-refractivity contribution in [3.8, 4) is 0 Å². The second-order valence-corrected chi connectivity index (χ2v) is 5.33. The summed E-state index contributed by atoms with van der Waals surface area (Å²) in [5.41, 5.74) is 4.34. The van der Waals surface area contributed by atoms with Gasteiger partial charge in [-0.25, -0.2) is 0 Å². The summed E-state index contributed by atoms with van der Waals surface area (Å²) < 4.78 is 0. The Labute approximate surface area is 117 Å². The minimum absolute atomic E-state index is 0.454. The summed E-state index contributed by atoms with van der Waals surface area (Å²) in [4.78, 5) is 2.46. The minimum Gasteiger partial charge on any atom is -0.367 e. The predicted molar refractivity (Wildman–Crippen MR) is 83.9 cm³/mol. The van der Waals surface area contributed by atoms with Crippen LogP contribution in [-0.4, -0.2) is 19.6 Å². The van der Waals surface area contributed by atoms with Gasteiger partial charge in [-0.1, -0.05) is 31.2 Å². The lowest BCUT2D eigenvalue weighted by Gasteiger charge is -2.19. The monoisotopic (exact) mass is 258 g/mol. The quantitative estimate of drug-likeness (QED) is 0.783. The van der Waals surface area contributed by atoms with Gasteiger partial charge in [0.25, 0.3) is 0 Å². The zero-order valence-electron chi connectivity index (χ0n) is 12.4. The highest BCUT2D eigenvalue weighted by molar-refractivity contribution is 5.59. The third kappa shape index (κ3) is 3.38. The number of fused-ring (bicyclic) bond motifs is 1. The molecule has 0 amide bonds. The Morgan fingerprint density at radius 2 is 2.26 bits per heavy atom. The van der Waals surface area contributed by atoms with E-state index < -0.39 is 0 Å². The van der Waals surface area contributed by atoms with Gasteiger partial charge in [0.15, 0.2) is 0 Å². The van der Waals surface area contributed by atoms with Crippen LogP contribution in [0.15, 0.2) is 30.4 Å². The van der Waals surface area contributed by atoms with Gasteiger partial charge in [-0.3, -0.25) is 0 Å². The van der Waals surface area contributed by atoms with Gasteiger partial charge in [0.2, 0.25) is 0 Å². The van der Waals surface area contributed by atoms with Crippen LogP contribution in [0.25, 0.3) is 0 Å². The maximum Gasteiger partial charge on any atom is 0.0402 e. The molecule has 0 spiro atoms. The Morgan fingerprint density at radius 3 is 3.00 bits per heavy atom. The summed E-state index contributed by atoms with van der Waals surface area (Å²) in [6.07, 6.45) is 6.73. The Kier molecular flexibility index (Phi) is 5.03. The van der Waals surface area contributed by atoms with Crippen molar-refractivity contribution in [1.29, 1.82) is 0 Å². The molecule has 1 atom stereocenters. The van der Waals surface area contributed by atoms with E-state index in [-0.39, 0.29) is 0 Å². The maximum atomic E-state index is 3.56. The molecule has 0 saturated carbocycles. The fourth-order valence-corrected chi connectivity index (χ4v) is 2.66. The lowest BCUT2D eigenvalue weighted by molar-refractivity contribution is 0.570.